The molecule has 1 rings (SSSR count). The van der Waals surface area contributed by atoms with Gasteiger partial charge in [0, 0.05) is 12.6 Å². The van der Waals surface area contributed by atoms with Gasteiger partial charge in [-0.2, -0.15) is 8.42 Å². The van der Waals surface area contributed by atoms with E-state index in [-0.39, 0.29) is 12.2 Å². The maximum atomic E-state index is 12.2. The molecular weight excluding hydrogens is 265 g/mol. The summed E-state index contributed by atoms with van der Waals surface area (Å²) in [6.45, 7) is 0.173. The number of hydrogen-bond acceptors (Lipinski definition) is 6. The summed E-state index contributed by atoms with van der Waals surface area (Å²) in [6.07, 6.45) is 0. The number of amides is 1. The molecule has 1 N–H and O–H groups in total. The lowest BCUT2D eigenvalue weighted by molar-refractivity contribution is 0.0947. The van der Waals surface area contributed by atoms with Crippen LogP contribution in [0.2, 0.25) is 0 Å². The van der Waals surface area contributed by atoms with E-state index in [4.69, 9.17) is 4.52 Å². The van der Waals surface area contributed by atoms with Crippen LogP contribution in [0.3, 0.4) is 0 Å². The molecule has 0 aliphatic heterocycles. The quantitative estimate of drug-likeness (QED) is 0.723. The number of carbonyl (C=O) groups is 1. The zero-order valence-electron chi connectivity index (χ0n) is 10.0. The summed E-state index contributed by atoms with van der Waals surface area (Å²) in [5, 5.41) is 5.76. The van der Waals surface area contributed by atoms with Crippen LogP contribution in [0.1, 0.15) is 16.2 Å². The monoisotopic (exact) mass is 279 g/mol. The summed E-state index contributed by atoms with van der Waals surface area (Å²) >= 11 is 0. The highest BCUT2D eigenvalue weighted by molar-refractivity contribution is 7.86. The van der Waals surface area contributed by atoms with Crippen molar-refractivity contribution in [3.63, 3.8) is 0 Å². The van der Waals surface area contributed by atoms with Crippen LogP contribution in [0.25, 0.3) is 0 Å². The summed E-state index contributed by atoms with van der Waals surface area (Å²) in [4.78, 5) is 13.3. The molecule has 0 bridgehead atoms. The number of nitrogens with zero attached hydrogens (tertiary/aromatic N) is 2. The second-order valence-electron chi connectivity index (χ2n) is 3.92. The van der Waals surface area contributed by atoms with Crippen molar-refractivity contribution in [2.24, 2.45) is 0 Å². The largest absolute Gasteiger partial charge is 0.359 e. The van der Waals surface area contributed by atoms with Gasteiger partial charge >= 0.3 is 10.2 Å². The zero-order chi connectivity index (χ0) is 13.8. The van der Waals surface area contributed by atoms with Crippen molar-refractivity contribution in [1.29, 1.82) is 0 Å². The molecule has 0 aliphatic carbocycles. The van der Waals surface area contributed by atoms with Crippen molar-refractivity contribution in [1.82, 2.24) is 15.4 Å². The molecule has 0 radical (unpaired) electrons. The minimum Gasteiger partial charge on any atom is -0.359 e. The molecule has 9 heteroatoms. The average molecular weight is 279 g/mol. The Morgan fingerprint density at radius 3 is 2.78 bits per heavy atom. The Morgan fingerprint density at radius 2 is 2.22 bits per heavy atom. The molecule has 0 aliphatic rings. The third kappa shape index (κ3) is 5.23. The highest BCUT2D eigenvalue weighted by Gasteiger charge is 2.14. The highest BCUT2D eigenvalue weighted by atomic mass is 32.3. The van der Waals surface area contributed by atoms with Crippen molar-refractivity contribution in [2.75, 3.05) is 26.4 Å². The summed E-state index contributed by atoms with van der Waals surface area (Å²) < 4.78 is 37.5. The first kappa shape index (κ1) is 14.6. The number of aromatic nitrogens is 1. The lowest BCUT2D eigenvalue weighted by atomic mass is 10.3. The predicted molar refractivity (Wildman–Crippen MR) is 61.1 cm³/mol. The minimum absolute atomic E-state index is 0.0307. The van der Waals surface area contributed by atoms with Crippen molar-refractivity contribution < 1.29 is 21.6 Å². The van der Waals surface area contributed by atoms with Gasteiger partial charge in [0.15, 0.2) is 11.5 Å². The number of hydrogen-bond donors (Lipinski definition) is 1. The molecule has 0 saturated heterocycles. The lowest BCUT2D eigenvalue weighted by Crippen LogP contribution is -2.28. The molecule has 0 aromatic carbocycles. The van der Waals surface area contributed by atoms with Gasteiger partial charge in [0.05, 0.1) is 12.3 Å². The maximum absolute atomic E-state index is 12.2. The van der Waals surface area contributed by atoms with Gasteiger partial charge < -0.3 is 14.7 Å². The van der Waals surface area contributed by atoms with Crippen LogP contribution in [0, 0.1) is 0 Å². The molecule has 1 aromatic rings. The molecule has 1 aromatic heterocycles. The topological polar surface area (TPSA) is 92.5 Å². The molecule has 0 fully saturated rings. The second-order valence-corrected chi connectivity index (χ2v) is 5.40. The molecule has 0 unspecified atom stereocenters. The third-order valence-corrected chi connectivity index (χ3v) is 2.59. The van der Waals surface area contributed by atoms with Gasteiger partial charge in [-0.1, -0.05) is 5.16 Å². The van der Waals surface area contributed by atoms with E-state index in [9.17, 15) is 17.1 Å². The summed E-state index contributed by atoms with van der Waals surface area (Å²) in [7, 11) is -0.922. The van der Waals surface area contributed by atoms with Crippen LogP contribution in [0.4, 0.5) is 3.89 Å². The third-order valence-electron chi connectivity index (χ3n) is 1.90. The Hall–Kier alpha value is -1.48. The zero-order valence-corrected chi connectivity index (χ0v) is 10.8. The number of rotatable bonds is 6. The summed E-state index contributed by atoms with van der Waals surface area (Å²) in [5.74, 6) is -0.864. The van der Waals surface area contributed by atoms with E-state index in [1.54, 1.807) is 0 Å². The average Bonchev–Trinajstić information content (AvgIpc) is 2.63. The van der Waals surface area contributed by atoms with Crippen LogP contribution < -0.4 is 5.32 Å². The van der Waals surface area contributed by atoms with Crippen molar-refractivity contribution in [3.8, 4) is 0 Å². The molecule has 102 valence electrons. The van der Waals surface area contributed by atoms with Crippen LogP contribution in [-0.2, 0) is 16.8 Å². The van der Waals surface area contributed by atoms with Gasteiger partial charge in [-0.15, -0.1) is 3.89 Å². The highest BCUT2D eigenvalue weighted by Crippen LogP contribution is 2.05. The van der Waals surface area contributed by atoms with E-state index < -0.39 is 21.9 Å². The Labute approximate surface area is 104 Å². The van der Waals surface area contributed by atoms with E-state index >= 15 is 0 Å². The van der Waals surface area contributed by atoms with E-state index in [1.807, 2.05) is 19.0 Å². The van der Waals surface area contributed by atoms with Gasteiger partial charge in [-0.3, -0.25) is 4.79 Å². The first-order chi connectivity index (χ1) is 8.28. The Balaban J connectivity index is 2.49. The molecular formula is C9H14FN3O4S. The van der Waals surface area contributed by atoms with Crippen molar-refractivity contribution in [3.05, 3.63) is 17.5 Å². The van der Waals surface area contributed by atoms with E-state index in [1.165, 1.54) is 6.07 Å². The van der Waals surface area contributed by atoms with Crippen molar-refractivity contribution in [2.45, 2.75) is 6.54 Å². The van der Waals surface area contributed by atoms with E-state index in [2.05, 4.69) is 10.5 Å². The van der Waals surface area contributed by atoms with E-state index in [0.29, 0.717) is 12.3 Å². The summed E-state index contributed by atoms with van der Waals surface area (Å²) in [6, 6.07) is 1.44. The van der Waals surface area contributed by atoms with Crippen LogP contribution in [0.15, 0.2) is 10.6 Å². The maximum Gasteiger partial charge on any atom is 0.304 e. The fourth-order valence-corrected chi connectivity index (χ4v) is 1.53. The van der Waals surface area contributed by atoms with Crippen molar-refractivity contribution >= 4 is 16.1 Å². The number of halogens is 1. The minimum atomic E-state index is -4.58. The molecule has 18 heavy (non-hydrogen) atoms. The fraction of sp³-hybridized carbons (Fsp3) is 0.556. The smallest absolute Gasteiger partial charge is 0.304 e. The van der Waals surface area contributed by atoms with Crippen LogP contribution >= 0.6 is 0 Å². The molecule has 0 spiro atoms. The van der Waals surface area contributed by atoms with Gasteiger partial charge in [0.2, 0.25) is 0 Å². The number of carbonyl (C=O) groups excluding carboxylic acids is 1. The molecule has 0 saturated carbocycles. The van der Waals surface area contributed by atoms with E-state index in [0.717, 1.165) is 0 Å². The fourth-order valence-electron chi connectivity index (χ4n) is 1.18. The Kier molecular flexibility index (Phi) is 4.79. The molecule has 1 amide bonds. The van der Waals surface area contributed by atoms with Gasteiger partial charge in [-0.25, -0.2) is 0 Å². The Bertz CT molecular complexity index is 512. The second kappa shape index (κ2) is 5.91. The lowest BCUT2D eigenvalue weighted by Gasteiger charge is -2.03. The number of nitrogens with one attached hydrogen (secondary N) is 1. The predicted octanol–water partition coefficient (Wildman–Crippen LogP) is -0.235. The van der Waals surface area contributed by atoms with Gasteiger partial charge in [-0.05, 0) is 14.1 Å². The van der Waals surface area contributed by atoms with Gasteiger partial charge in [0.25, 0.3) is 5.91 Å². The SMILES string of the molecule is CN(C)Cc1cc(C(=O)NCCS(=O)(=O)F)no1. The van der Waals surface area contributed by atoms with Crippen LogP contribution in [0.5, 0.6) is 0 Å². The first-order valence-corrected chi connectivity index (χ1v) is 6.64. The summed E-state index contributed by atoms with van der Waals surface area (Å²) in [5.41, 5.74) is 0.0307. The van der Waals surface area contributed by atoms with Gasteiger partial charge in [0.1, 0.15) is 0 Å². The standard InChI is InChI=1S/C9H14FN3O4S/c1-13(2)6-7-5-8(12-17-7)9(14)11-3-4-18(10,15)16/h5H,3-4,6H2,1-2H3,(H,11,14). The van der Waals surface area contributed by atoms with Crippen LogP contribution in [-0.4, -0.2) is 50.8 Å². The molecule has 1 heterocycles. The molecule has 7 nitrogen and oxygen atoms in total. The first-order valence-electron chi connectivity index (χ1n) is 5.09. The molecule has 0 atom stereocenters. The normalized spacial score (nSPS) is 11.8. The Morgan fingerprint density at radius 1 is 1.56 bits per heavy atom.